The van der Waals surface area contributed by atoms with Crippen LogP contribution in [0, 0.1) is 5.82 Å². The normalized spacial score (nSPS) is 22.7. The number of rotatable bonds is 5. The van der Waals surface area contributed by atoms with E-state index in [1.165, 1.54) is 12.8 Å². The van der Waals surface area contributed by atoms with Gasteiger partial charge in [0, 0.05) is 12.6 Å². The fraction of sp³-hybridized carbons (Fsp3) is 0.409. The summed E-state index contributed by atoms with van der Waals surface area (Å²) < 4.78 is 19.5. The third-order valence-corrected chi connectivity index (χ3v) is 5.73. The number of hydrogen-bond acceptors (Lipinski definition) is 3. The monoisotopic (exact) mass is 368 g/mol. The Bertz CT molecular complexity index is 822. The van der Waals surface area contributed by atoms with E-state index in [1.807, 2.05) is 36.4 Å². The number of nitrogens with zero attached hydrogens (tertiary/aromatic N) is 1. The Kier molecular flexibility index (Phi) is 5.12. The van der Waals surface area contributed by atoms with Crippen LogP contribution in [-0.4, -0.2) is 36.7 Å². The molecule has 2 aromatic rings. The lowest BCUT2D eigenvalue weighted by atomic mass is 9.99. The molecule has 0 saturated carbocycles. The molecule has 4 nitrogen and oxygen atoms in total. The predicted octanol–water partition coefficient (Wildman–Crippen LogP) is 4.30. The Morgan fingerprint density at radius 1 is 1.19 bits per heavy atom. The maximum absolute atomic E-state index is 14.6. The molecule has 0 aliphatic carbocycles. The quantitative estimate of drug-likeness (QED) is 0.855. The number of cyclic esters (lactones) is 1. The molecule has 2 aliphatic heterocycles. The highest BCUT2D eigenvalue weighted by Gasteiger charge is 2.23. The van der Waals surface area contributed by atoms with Crippen LogP contribution >= 0.6 is 0 Å². The minimum absolute atomic E-state index is 0.112. The number of benzene rings is 2. The van der Waals surface area contributed by atoms with E-state index in [1.54, 1.807) is 6.07 Å². The Hall–Kier alpha value is -2.40. The second-order valence-electron chi connectivity index (χ2n) is 7.50. The van der Waals surface area contributed by atoms with Crippen molar-refractivity contribution >= 4 is 6.09 Å². The lowest BCUT2D eigenvalue weighted by Crippen LogP contribution is -2.29. The van der Waals surface area contributed by atoms with Crippen LogP contribution in [-0.2, 0) is 11.2 Å². The largest absolute Gasteiger partial charge is 0.447 e. The lowest BCUT2D eigenvalue weighted by Gasteiger charge is -2.20. The average molecular weight is 368 g/mol. The van der Waals surface area contributed by atoms with Crippen LogP contribution in [0.15, 0.2) is 42.5 Å². The summed E-state index contributed by atoms with van der Waals surface area (Å²) in [5, 5.41) is 2.76. The van der Waals surface area contributed by atoms with E-state index < -0.39 is 0 Å². The van der Waals surface area contributed by atoms with Gasteiger partial charge < -0.3 is 15.0 Å². The Morgan fingerprint density at radius 3 is 2.59 bits per heavy atom. The number of amides is 1. The van der Waals surface area contributed by atoms with Crippen molar-refractivity contribution in [1.29, 1.82) is 0 Å². The van der Waals surface area contributed by atoms with Gasteiger partial charge in [0.15, 0.2) is 0 Å². The number of alkyl carbamates (subject to hydrolysis) is 1. The molecule has 1 amide bonds. The van der Waals surface area contributed by atoms with Gasteiger partial charge in [0.2, 0.25) is 0 Å². The Balaban J connectivity index is 1.43. The summed E-state index contributed by atoms with van der Waals surface area (Å²) in [5.41, 5.74) is 3.59. The van der Waals surface area contributed by atoms with E-state index in [4.69, 9.17) is 4.74 Å². The molecule has 1 N–H and O–H groups in total. The predicted molar refractivity (Wildman–Crippen MR) is 103 cm³/mol. The highest BCUT2D eigenvalue weighted by atomic mass is 19.1. The fourth-order valence-corrected chi connectivity index (χ4v) is 3.99. The molecule has 27 heavy (non-hydrogen) atoms. The van der Waals surface area contributed by atoms with E-state index in [0.717, 1.165) is 41.8 Å². The van der Waals surface area contributed by atoms with Crippen molar-refractivity contribution in [2.45, 2.75) is 38.3 Å². The van der Waals surface area contributed by atoms with Crippen molar-refractivity contribution in [3.05, 3.63) is 59.4 Å². The van der Waals surface area contributed by atoms with Crippen molar-refractivity contribution in [3.63, 3.8) is 0 Å². The molecule has 0 unspecified atom stereocenters. The van der Waals surface area contributed by atoms with Gasteiger partial charge >= 0.3 is 6.09 Å². The number of ether oxygens (including phenoxy) is 1. The van der Waals surface area contributed by atoms with Gasteiger partial charge in [-0.15, -0.1) is 0 Å². The van der Waals surface area contributed by atoms with Crippen LogP contribution in [0.1, 0.15) is 36.9 Å². The topological polar surface area (TPSA) is 41.6 Å². The fourth-order valence-electron chi connectivity index (χ4n) is 3.99. The first-order chi connectivity index (χ1) is 13.1. The molecule has 2 atom stereocenters. The van der Waals surface area contributed by atoms with E-state index in [2.05, 4.69) is 17.1 Å². The molecule has 142 valence electrons. The molecule has 2 heterocycles. The van der Waals surface area contributed by atoms with Gasteiger partial charge in [0.25, 0.3) is 0 Å². The summed E-state index contributed by atoms with van der Waals surface area (Å²) in [4.78, 5) is 13.6. The second kappa shape index (κ2) is 7.69. The van der Waals surface area contributed by atoms with Crippen LogP contribution in [0.2, 0.25) is 0 Å². The van der Waals surface area contributed by atoms with Crippen molar-refractivity contribution in [2.75, 3.05) is 19.7 Å². The van der Waals surface area contributed by atoms with Crippen LogP contribution in [0.4, 0.5) is 9.18 Å². The van der Waals surface area contributed by atoms with Gasteiger partial charge in [0.1, 0.15) is 12.4 Å². The molecule has 0 spiro atoms. The van der Waals surface area contributed by atoms with Crippen LogP contribution in [0.5, 0.6) is 0 Å². The number of nitrogens with one attached hydrogen (secondary N) is 1. The summed E-state index contributed by atoms with van der Waals surface area (Å²) in [6.45, 7) is 4.64. The highest BCUT2D eigenvalue weighted by molar-refractivity contribution is 5.70. The number of hydrogen-bond donors (Lipinski definition) is 1. The summed E-state index contributed by atoms with van der Waals surface area (Å²) in [7, 11) is 0. The third kappa shape index (κ3) is 3.98. The van der Waals surface area contributed by atoms with Crippen LogP contribution in [0.3, 0.4) is 0 Å². The van der Waals surface area contributed by atoms with Crippen molar-refractivity contribution in [1.82, 2.24) is 10.2 Å². The molecular weight excluding hydrogens is 343 g/mol. The first kappa shape index (κ1) is 18.0. The summed E-state index contributed by atoms with van der Waals surface area (Å²) in [5.74, 6) is -0.139. The molecule has 0 aromatic heterocycles. The van der Waals surface area contributed by atoms with Crippen molar-refractivity contribution in [2.24, 2.45) is 0 Å². The van der Waals surface area contributed by atoms with E-state index >= 15 is 0 Å². The summed E-state index contributed by atoms with van der Waals surface area (Å²) >= 11 is 0. The SMILES string of the molecule is C[C@@H]1CCCN1CCc1ccc(-c2ccc([C@@H]3COC(=O)N3)cc2)cc1F. The standard InChI is InChI=1S/C22H25FN2O2/c1-15-3-2-11-25(15)12-10-17-6-9-19(13-20(17)23)16-4-7-18(8-5-16)21-14-27-22(26)24-21/h4-9,13,15,21H,2-3,10-12,14H2,1H3,(H,24,26)/t15-,21+/m1/s1. The summed E-state index contributed by atoms with van der Waals surface area (Å²) in [6, 6.07) is 13.8. The first-order valence-electron chi connectivity index (χ1n) is 9.66. The zero-order valence-corrected chi connectivity index (χ0v) is 15.6. The minimum Gasteiger partial charge on any atom is -0.447 e. The molecule has 4 rings (SSSR count). The number of likely N-dealkylation sites (tertiary alicyclic amines) is 1. The van der Waals surface area contributed by atoms with Crippen molar-refractivity contribution in [3.8, 4) is 11.1 Å². The molecule has 2 saturated heterocycles. The van der Waals surface area contributed by atoms with E-state index in [9.17, 15) is 9.18 Å². The van der Waals surface area contributed by atoms with Crippen molar-refractivity contribution < 1.29 is 13.9 Å². The average Bonchev–Trinajstić information content (AvgIpc) is 3.29. The zero-order chi connectivity index (χ0) is 18.8. The second-order valence-corrected chi connectivity index (χ2v) is 7.50. The lowest BCUT2D eigenvalue weighted by molar-refractivity contribution is 0.177. The van der Waals surface area contributed by atoms with Gasteiger partial charge in [0.05, 0.1) is 6.04 Å². The maximum Gasteiger partial charge on any atom is 0.407 e. The number of carbonyl (C=O) groups excluding carboxylic acids is 1. The molecule has 5 heteroatoms. The van der Waals surface area contributed by atoms with Gasteiger partial charge in [-0.2, -0.15) is 0 Å². The summed E-state index contributed by atoms with van der Waals surface area (Å²) in [6.07, 6.45) is 2.85. The van der Waals surface area contributed by atoms with Crippen LogP contribution in [0.25, 0.3) is 11.1 Å². The Labute approximate surface area is 159 Å². The highest BCUT2D eigenvalue weighted by Crippen LogP contribution is 2.26. The van der Waals surface area contributed by atoms with Gasteiger partial charge in [-0.25, -0.2) is 9.18 Å². The molecule has 0 radical (unpaired) electrons. The maximum atomic E-state index is 14.6. The molecule has 2 fully saturated rings. The first-order valence-corrected chi connectivity index (χ1v) is 9.66. The zero-order valence-electron chi connectivity index (χ0n) is 15.6. The van der Waals surface area contributed by atoms with E-state index in [0.29, 0.717) is 12.6 Å². The number of halogens is 1. The van der Waals surface area contributed by atoms with E-state index in [-0.39, 0.29) is 18.0 Å². The smallest absolute Gasteiger partial charge is 0.407 e. The minimum atomic E-state index is -0.384. The molecule has 2 aliphatic rings. The molecule has 0 bridgehead atoms. The van der Waals surface area contributed by atoms with Gasteiger partial charge in [-0.3, -0.25) is 0 Å². The van der Waals surface area contributed by atoms with Gasteiger partial charge in [-0.05, 0) is 61.1 Å². The Morgan fingerprint density at radius 2 is 1.96 bits per heavy atom. The molecule has 2 aromatic carbocycles. The molecular formula is C22H25FN2O2. The third-order valence-electron chi connectivity index (χ3n) is 5.73. The van der Waals surface area contributed by atoms with Gasteiger partial charge in [-0.1, -0.05) is 36.4 Å². The van der Waals surface area contributed by atoms with Crippen LogP contribution < -0.4 is 5.32 Å². The number of carbonyl (C=O) groups is 1.